The highest BCUT2D eigenvalue weighted by molar-refractivity contribution is 5.85. The van der Waals surface area contributed by atoms with Gasteiger partial charge in [-0.3, -0.25) is 0 Å². The predicted octanol–water partition coefficient (Wildman–Crippen LogP) is 2.57. The molecular weight excluding hydrogens is 271 g/mol. The van der Waals surface area contributed by atoms with Gasteiger partial charge in [0, 0.05) is 5.92 Å². The van der Waals surface area contributed by atoms with Crippen LogP contribution in [0.2, 0.25) is 0 Å². The Hall–Kier alpha value is -1.76. The fourth-order valence-electron chi connectivity index (χ4n) is 2.08. The number of piperidine rings is 1. The summed E-state index contributed by atoms with van der Waals surface area (Å²) in [5, 5.41) is 3.23. The number of halogens is 3. The Labute approximate surface area is 114 Å². The van der Waals surface area contributed by atoms with E-state index in [1.165, 1.54) is 24.3 Å². The van der Waals surface area contributed by atoms with Gasteiger partial charge in [0.2, 0.25) is 0 Å². The maximum atomic E-state index is 12.0. The second kappa shape index (κ2) is 6.13. The predicted molar refractivity (Wildman–Crippen MR) is 70.0 cm³/mol. The number of hydrogen-bond donors (Lipinski definition) is 2. The van der Waals surface area contributed by atoms with Gasteiger partial charge in [0.1, 0.15) is 11.6 Å². The number of amidine groups is 1. The molecule has 2 rings (SSSR count). The van der Waals surface area contributed by atoms with Gasteiger partial charge in [0.15, 0.2) is 0 Å². The zero-order valence-corrected chi connectivity index (χ0v) is 10.8. The molecule has 0 unspecified atom stereocenters. The fourth-order valence-corrected chi connectivity index (χ4v) is 2.08. The van der Waals surface area contributed by atoms with E-state index < -0.39 is 6.36 Å². The van der Waals surface area contributed by atoms with Crippen LogP contribution in [0, 0.1) is 5.92 Å². The van der Waals surface area contributed by atoms with Crippen molar-refractivity contribution >= 4 is 11.5 Å². The molecule has 1 saturated heterocycles. The lowest BCUT2D eigenvalue weighted by molar-refractivity contribution is -0.274. The van der Waals surface area contributed by atoms with Crippen LogP contribution < -0.4 is 15.8 Å². The molecule has 0 atom stereocenters. The SMILES string of the molecule is NC(=Nc1ccc(OC(F)(F)F)cc1)C1CCNCC1. The zero-order chi connectivity index (χ0) is 14.6. The Morgan fingerprint density at radius 1 is 1.20 bits per heavy atom. The first kappa shape index (κ1) is 14.6. The van der Waals surface area contributed by atoms with Crippen LogP contribution in [0.1, 0.15) is 12.8 Å². The number of benzene rings is 1. The molecule has 0 saturated carbocycles. The lowest BCUT2D eigenvalue weighted by atomic mass is 9.97. The van der Waals surface area contributed by atoms with Gasteiger partial charge < -0.3 is 15.8 Å². The van der Waals surface area contributed by atoms with Gasteiger partial charge >= 0.3 is 6.36 Å². The Balaban J connectivity index is 2.02. The summed E-state index contributed by atoms with van der Waals surface area (Å²) in [4.78, 5) is 4.25. The molecule has 1 fully saturated rings. The average molecular weight is 287 g/mol. The highest BCUT2D eigenvalue weighted by atomic mass is 19.4. The van der Waals surface area contributed by atoms with E-state index in [1.807, 2.05) is 0 Å². The maximum Gasteiger partial charge on any atom is 0.573 e. The van der Waals surface area contributed by atoms with Crippen LogP contribution in [0.15, 0.2) is 29.3 Å². The molecule has 0 spiro atoms. The Kier molecular flexibility index (Phi) is 4.49. The number of ether oxygens (including phenoxy) is 1. The minimum atomic E-state index is -4.68. The smallest absolute Gasteiger partial charge is 0.406 e. The third-order valence-corrected chi connectivity index (χ3v) is 3.09. The normalized spacial score (nSPS) is 18.1. The number of rotatable bonds is 3. The third kappa shape index (κ3) is 4.41. The van der Waals surface area contributed by atoms with Gasteiger partial charge in [-0.1, -0.05) is 0 Å². The Morgan fingerprint density at radius 3 is 2.35 bits per heavy atom. The molecule has 0 bridgehead atoms. The van der Waals surface area contributed by atoms with Gasteiger partial charge in [-0.15, -0.1) is 13.2 Å². The first-order valence-corrected chi connectivity index (χ1v) is 6.34. The molecule has 1 heterocycles. The van der Waals surface area contributed by atoms with Crippen molar-refractivity contribution in [2.24, 2.45) is 16.6 Å². The Bertz CT molecular complexity index is 465. The van der Waals surface area contributed by atoms with Crippen LogP contribution >= 0.6 is 0 Å². The fraction of sp³-hybridized carbons (Fsp3) is 0.462. The van der Waals surface area contributed by atoms with E-state index in [4.69, 9.17) is 5.73 Å². The highest BCUT2D eigenvalue weighted by Gasteiger charge is 2.30. The van der Waals surface area contributed by atoms with Crippen molar-refractivity contribution in [1.82, 2.24) is 5.32 Å². The van der Waals surface area contributed by atoms with Gasteiger partial charge in [-0.2, -0.15) is 0 Å². The van der Waals surface area contributed by atoms with E-state index in [1.54, 1.807) is 0 Å². The monoisotopic (exact) mass is 287 g/mol. The van der Waals surface area contributed by atoms with Gasteiger partial charge in [-0.05, 0) is 50.2 Å². The van der Waals surface area contributed by atoms with E-state index in [0.29, 0.717) is 11.5 Å². The van der Waals surface area contributed by atoms with E-state index in [9.17, 15) is 13.2 Å². The topological polar surface area (TPSA) is 59.6 Å². The summed E-state index contributed by atoms with van der Waals surface area (Å²) >= 11 is 0. The van der Waals surface area contributed by atoms with Gasteiger partial charge in [0.05, 0.1) is 5.69 Å². The zero-order valence-electron chi connectivity index (χ0n) is 10.8. The van der Waals surface area contributed by atoms with E-state index in [-0.39, 0.29) is 11.7 Å². The lowest BCUT2D eigenvalue weighted by Gasteiger charge is -2.21. The van der Waals surface area contributed by atoms with E-state index >= 15 is 0 Å². The molecule has 1 aromatic rings. The number of nitrogens with zero attached hydrogens (tertiary/aromatic N) is 1. The van der Waals surface area contributed by atoms with Crippen molar-refractivity contribution in [3.8, 4) is 5.75 Å². The maximum absolute atomic E-state index is 12.0. The van der Waals surface area contributed by atoms with Crippen LogP contribution in [0.5, 0.6) is 5.75 Å². The molecule has 0 radical (unpaired) electrons. The molecule has 0 aliphatic carbocycles. The lowest BCUT2D eigenvalue weighted by Crippen LogP contribution is -2.35. The Morgan fingerprint density at radius 2 is 1.80 bits per heavy atom. The van der Waals surface area contributed by atoms with Crippen LogP contribution in [-0.2, 0) is 0 Å². The largest absolute Gasteiger partial charge is 0.573 e. The molecule has 1 aliphatic rings. The minimum absolute atomic E-state index is 0.224. The molecule has 0 amide bonds. The van der Waals surface area contributed by atoms with Crippen LogP contribution in [0.4, 0.5) is 18.9 Å². The van der Waals surface area contributed by atoms with E-state index in [2.05, 4.69) is 15.0 Å². The molecular formula is C13H16F3N3O. The number of hydrogen-bond acceptors (Lipinski definition) is 3. The molecule has 1 aromatic carbocycles. The molecule has 4 nitrogen and oxygen atoms in total. The van der Waals surface area contributed by atoms with Crippen molar-refractivity contribution in [3.63, 3.8) is 0 Å². The average Bonchev–Trinajstić information content (AvgIpc) is 2.40. The second-order valence-electron chi connectivity index (χ2n) is 4.60. The quantitative estimate of drug-likeness (QED) is 0.663. The number of alkyl halides is 3. The summed E-state index contributed by atoms with van der Waals surface area (Å²) in [6.45, 7) is 1.80. The van der Waals surface area contributed by atoms with Crippen molar-refractivity contribution < 1.29 is 17.9 Å². The summed E-state index contributed by atoms with van der Waals surface area (Å²) < 4.78 is 39.8. The number of nitrogens with two attached hydrogens (primary N) is 1. The molecule has 110 valence electrons. The summed E-state index contributed by atoms with van der Waals surface area (Å²) in [5.41, 5.74) is 6.45. The standard InChI is InChI=1S/C13H16F3N3O/c14-13(15,16)20-11-3-1-10(2-4-11)19-12(17)9-5-7-18-8-6-9/h1-4,9,18H,5-8H2,(H2,17,19). The van der Waals surface area contributed by atoms with Crippen molar-refractivity contribution in [2.75, 3.05) is 13.1 Å². The molecule has 20 heavy (non-hydrogen) atoms. The van der Waals surface area contributed by atoms with Crippen LogP contribution in [-0.4, -0.2) is 25.3 Å². The molecule has 1 aliphatic heterocycles. The summed E-state index contributed by atoms with van der Waals surface area (Å²) in [6.07, 6.45) is -2.84. The second-order valence-corrected chi connectivity index (χ2v) is 4.60. The first-order chi connectivity index (χ1) is 9.44. The van der Waals surface area contributed by atoms with Crippen molar-refractivity contribution in [1.29, 1.82) is 0 Å². The van der Waals surface area contributed by atoms with Crippen LogP contribution in [0.3, 0.4) is 0 Å². The molecule has 7 heteroatoms. The third-order valence-electron chi connectivity index (χ3n) is 3.09. The minimum Gasteiger partial charge on any atom is -0.406 e. The number of aliphatic imine (C=N–C) groups is 1. The first-order valence-electron chi connectivity index (χ1n) is 6.34. The summed E-state index contributed by atoms with van der Waals surface area (Å²) in [5.74, 6) is 0.482. The van der Waals surface area contributed by atoms with Crippen molar-refractivity contribution in [3.05, 3.63) is 24.3 Å². The summed E-state index contributed by atoms with van der Waals surface area (Å²) in [6, 6.07) is 5.36. The van der Waals surface area contributed by atoms with Crippen molar-refractivity contribution in [2.45, 2.75) is 19.2 Å². The van der Waals surface area contributed by atoms with Crippen LogP contribution in [0.25, 0.3) is 0 Å². The molecule has 0 aromatic heterocycles. The number of nitrogens with one attached hydrogen (secondary N) is 1. The van der Waals surface area contributed by atoms with E-state index in [0.717, 1.165) is 25.9 Å². The summed E-state index contributed by atoms with van der Waals surface area (Å²) in [7, 11) is 0. The van der Waals surface area contributed by atoms with Gasteiger partial charge in [0.25, 0.3) is 0 Å². The highest BCUT2D eigenvalue weighted by Crippen LogP contribution is 2.25. The molecule has 3 N–H and O–H groups in total. The van der Waals surface area contributed by atoms with Gasteiger partial charge in [-0.25, -0.2) is 4.99 Å².